The van der Waals surface area contributed by atoms with Gasteiger partial charge in [-0.2, -0.15) is 0 Å². The van der Waals surface area contributed by atoms with Gasteiger partial charge >= 0.3 is 6.03 Å². The normalized spacial score (nSPS) is 18.1. The third-order valence-electron chi connectivity index (χ3n) is 5.72. The zero-order chi connectivity index (χ0) is 22.6. The topological polar surface area (TPSA) is 87.7 Å². The van der Waals surface area contributed by atoms with Gasteiger partial charge in [0.25, 0.3) is 5.91 Å². The summed E-state index contributed by atoms with van der Waals surface area (Å²) in [5, 5.41) is 5.63. The van der Waals surface area contributed by atoms with E-state index in [-0.39, 0.29) is 12.5 Å². The van der Waals surface area contributed by atoms with E-state index in [1.165, 1.54) is 0 Å². The minimum absolute atomic E-state index is 0.319. The number of rotatable bonds is 8. The summed E-state index contributed by atoms with van der Waals surface area (Å²) < 4.78 is 5.16. The van der Waals surface area contributed by atoms with Crippen LogP contribution in [-0.2, 0) is 22.4 Å². The highest BCUT2D eigenvalue weighted by molar-refractivity contribution is 6.10. The Morgan fingerprint density at radius 3 is 2.52 bits per heavy atom. The van der Waals surface area contributed by atoms with Crippen molar-refractivity contribution >= 4 is 23.5 Å². The first kappa shape index (κ1) is 22.3. The molecule has 4 amide bonds. The summed E-state index contributed by atoms with van der Waals surface area (Å²) in [6.07, 6.45) is 1.80. The molecule has 0 aromatic heterocycles. The van der Waals surface area contributed by atoms with Crippen LogP contribution in [0.4, 0.5) is 10.5 Å². The monoisotopic (exact) mass is 423 g/mol. The first-order chi connectivity index (χ1) is 14.8. The minimum atomic E-state index is -1.05. The molecule has 0 radical (unpaired) electrons. The third-order valence-corrected chi connectivity index (χ3v) is 5.72. The number of carbonyl (C=O) groups excluding carboxylic acids is 3. The highest BCUT2D eigenvalue weighted by atomic mass is 16.5. The Labute approximate surface area is 182 Å². The number of benzene rings is 2. The highest BCUT2D eigenvalue weighted by Gasteiger charge is 2.47. The second-order valence-corrected chi connectivity index (χ2v) is 8.01. The van der Waals surface area contributed by atoms with Crippen molar-refractivity contribution in [3.63, 3.8) is 0 Å². The van der Waals surface area contributed by atoms with Crippen molar-refractivity contribution < 1.29 is 19.1 Å². The lowest BCUT2D eigenvalue weighted by Crippen LogP contribution is -2.45. The number of carbonyl (C=O) groups is 3. The van der Waals surface area contributed by atoms with Gasteiger partial charge in [0.1, 0.15) is 17.8 Å². The molecule has 2 aromatic carbocycles. The standard InChI is InChI=1S/C24H29N3O4/c1-5-18-8-6-7-16(2)21(18)25-20(28)15-27-22(29)24(3,26-23(27)30)14-13-17-9-11-19(31-4)12-10-17/h6-12H,5,13-15H2,1-4H3,(H,25,28)(H,26,30)/t24-/m1/s1. The summed E-state index contributed by atoms with van der Waals surface area (Å²) in [7, 11) is 1.61. The molecule has 2 N–H and O–H groups in total. The van der Waals surface area contributed by atoms with E-state index in [9.17, 15) is 14.4 Å². The van der Waals surface area contributed by atoms with Crippen molar-refractivity contribution in [3.05, 3.63) is 59.2 Å². The van der Waals surface area contributed by atoms with Gasteiger partial charge in [-0.25, -0.2) is 4.79 Å². The third kappa shape index (κ3) is 4.87. The molecule has 0 aliphatic carbocycles. The van der Waals surface area contributed by atoms with Crippen LogP contribution in [0.25, 0.3) is 0 Å². The number of methoxy groups -OCH3 is 1. The molecule has 7 nitrogen and oxygen atoms in total. The van der Waals surface area contributed by atoms with Gasteiger partial charge in [-0.3, -0.25) is 14.5 Å². The number of amides is 4. The Morgan fingerprint density at radius 2 is 1.87 bits per heavy atom. The fourth-order valence-electron chi connectivity index (χ4n) is 3.77. The highest BCUT2D eigenvalue weighted by Crippen LogP contribution is 2.25. The molecular weight excluding hydrogens is 394 g/mol. The first-order valence-electron chi connectivity index (χ1n) is 10.4. The maximum atomic E-state index is 13.0. The predicted molar refractivity (Wildman–Crippen MR) is 119 cm³/mol. The summed E-state index contributed by atoms with van der Waals surface area (Å²) in [5.74, 6) is -0.0224. The Hall–Kier alpha value is -3.35. The van der Waals surface area contributed by atoms with E-state index in [0.717, 1.165) is 39.4 Å². The van der Waals surface area contributed by atoms with Crippen molar-refractivity contribution in [1.29, 1.82) is 0 Å². The van der Waals surface area contributed by atoms with Crippen molar-refractivity contribution in [2.24, 2.45) is 0 Å². The summed E-state index contributed by atoms with van der Waals surface area (Å²) in [4.78, 5) is 39.1. The summed E-state index contributed by atoms with van der Waals surface area (Å²) in [6.45, 7) is 5.31. The number of ether oxygens (including phenoxy) is 1. The number of anilines is 1. The Kier molecular flexibility index (Phi) is 6.63. The Bertz CT molecular complexity index is 987. The molecule has 0 unspecified atom stereocenters. The number of hydrogen-bond acceptors (Lipinski definition) is 4. The van der Waals surface area contributed by atoms with E-state index < -0.39 is 17.5 Å². The maximum Gasteiger partial charge on any atom is 0.325 e. The van der Waals surface area contributed by atoms with E-state index in [1.54, 1.807) is 14.0 Å². The quantitative estimate of drug-likeness (QED) is 0.637. The lowest BCUT2D eigenvalue weighted by atomic mass is 9.93. The SMILES string of the molecule is CCc1cccc(C)c1NC(=O)CN1C(=O)N[C@](C)(CCc2ccc(OC)cc2)C1=O. The number of imide groups is 1. The van der Waals surface area contributed by atoms with Crippen LogP contribution in [0, 0.1) is 6.92 Å². The molecular formula is C24H29N3O4. The largest absolute Gasteiger partial charge is 0.497 e. The van der Waals surface area contributed by atoms with Crippen LogP contribution in [0.3, 0.4) is 0 Å². The van der Waals surface area contributed by atoms with Gasteiger partial charge in [0, 0.05) is 5.69 Å². The van der Waals surface area contributed by atoms with Gasteiger partial charge in [-0.05, 0) is 61.9 Å². The van der Waals surface area contributed by atoms with Gasteiger partial charge in [0.05, 0.1) is 7.11 Å². The van der Waals surface area contributed by atoms with Gasteiger partial charge in [0.2, 0.25) is 5.91 Å². The Balaban J connectivity index is 1.64. The number of aryl methyl sites for hydroxylation is 3. The minimum Gasteiger partial charge on any atom is -0.497 e. The molecule has 0 spiro atoms. The smallest absolute Gasteiger partial charge is 0.325 e. The summed E-state index contributed by atoms with van der Waals surface area (Å²) >= 11 is 0. The van der Waals surface area contributed by atoms with Crippen molar-refractivity contribution in [1.82, 2.24) is 10.2 Å². The molecule has 1 saturated heterocycles. The first-order valence-corrected chi connectivity index (χ1v) is 10.4. The second-order valence-electron chi connectivity index (χ2n) is 8.01. The van der Waals surface area contributed by atoms with Crippen molar-refractivity contribution in [2.75, 3.05) is 19.0 Å². The van der Waals surface area contributed by atoms with Crippen molar-refractivity contribution in [3.8, 4) is 5.75 Å². The number of para-hydroxylation sites is 1. The molecule has 1 aliphatic heterocycles. The van der Waals surface area contributed by atoms with E-state index in [0.29, 0.717) is 12.8 Å². The number of nitrogens with one attached hydrogen (secondary N) is 2. The lowest BCUT2D eigenvalue weighted by Gasteiger charge is -2.22. The zero-order valence-corrected chi connectivity index (χ0v) is 18.5. The van der Waals surface area contributed by atoms with E-state index in [2.05, 4.69) is 10.6 Å². The zero-order valence-electron chi connectivity index (χ0n) is 18.5. The second kappa shape index (κ2) is 9.20. The van der Waals surface area contributed by atoms with Crippen LogP contribution >= 0.6 is 0 Å². The average molecular weight is 424 g/mol. The average Bonchev–Trinajstić information content (AvgIpc) is 2.97. The van der Waals surface area contributed by atoms with E-state index >= 15 is 0 Å². The lowest BCUT2D eigenvalue weighted by molar-refractivity contribution is -0.133. The van der Waals surface area contributed by atoms with Gasteiger partial charge in [-0.1, -0.05) is 37.3 Å². The van der Waals surface area contributed by atoms with E-state index in [1.807, 2.05) is 56.3 Å². The molecule has 1 fully saturated rings. The molecule has 0 bridgehead atoms. The number of nitrogens with zero attached hydrogens (tertiary/aromatic N) is 1. The predicted octanol–water partition coefficient (Wildman–Crippen LogP) is 3.45. The fourth-order valence-corrected chi connectivity index (χ4v) is 3.77. The fraction of sp³-hybridized carbons (Fsp3) is 0.375. The molecule has 2 aromatic rings. The van der Waals surface area contributed by atoms with Crippen LogP contribution in [0.1, 0.15) is 37.0 Å². The van der Waals surface area contributed by atoms with Crippen LogP contribution in [-0.4, -0.2) is 41.9 Å². The van der Waals surface area contributed by atoms with Crippen LogP contribution < -0.4 is 15.4 Å². The molecule has 7 heteroatoms. The van der Waals surface area contributed by atoms with Crippen LogP contribution in [0.5, 0.6) is 5.75 Å². The molecule has 0 saturated carbocycles. The Morgan fingerprint density at radius 1 is 1.16 bits per heavy atom. The maximum absolute atomic E-state index is 13.0. The van der Waals surface area contributed by atoms with E-state index in [4.69, 9.17) is 4.74 Å². The summed E-state index contributed by atoms with van der Waals surface area (Å²) in [6, 6.07) is 12.8. The molecule has 1 heterocycles. The molecule has 164 valence electrons. The molecule has 3 rings (SSSR count). The number of urea groups is 1. The number of hydrogen-bond donors (Lipinski definition) is 2. The molecule has 1 atom stereocenters. The molecule has 1 aliphatic rings. The van der Waals surface area contributed by atoms with Crippen molar-refractivity contribution in [2.45, 2.75) is 45.6 Å². The van der Waals surface area contributed by atoms with Gasteiger partial charge < -0.3 is 15.4 Å². The van der Waals surface area contributed by atoms with Crippen LogP contribution in [0.15, 0.2) is 42.5 Å². The van der Waals surface area contributed by atoms with Gasteiger partial charge in [-0.15, -0.1) is 0 Å². The van der Waals surface area contributed by atoms with Crippen LogP contribution in [0.2, 0.25) is 0 Å². The van der Waals surface area contributed by atoms with Gasteiger partial charge in [0.15, 0.2) is 0 Å². The molecule has 31 heavy (non-hydrogen) atoms. The summed E-state index contributed by atoms with van der Waals surface area (Å²) in [5.41, 5.74) is 2.68.